The van der Waals surface area contributed by atoms with Crippen LogP contribution in [0.1, 0.15) is 53.3 Å². The summed E-state index contributed by atoms with van der Waals surface area (Å²) < 4.78 is 11.9. The molecule has 5 nitrogen and oxygen atoms in total. The number of rotatable bonds is 5. The number of hydrogen-bond acceptors (Lipinski definition) is 5. The van der Waals surface area contributed by atoms with Crippen LogP contribution in [0.15, 0.2) is 55.2 Å². The van der Waals surface area contributed by atoms with Crippen molar-refractivity contribution in [1.29, 1.82) is 0 Å². The normalized spacial score (nSPS) is 12.2. The van der Waals surface area contributed by atoms with Gasteiger partial charge in [-0.3, -0.25) is 0 Å². The molecular formula is C25H25NO4. The molecule has 0 aliphatic heterocycles. The highest BCUT2D eigenvalue weighted by molar-refractivity contribution is 6.16. The van der Waals surface area contributed by atoms with Gasteiger partial charge in [0, 0.05) is 22.1 Å². The van der Waals surface area contributed by atoms with Gasteiger partial charge in [0.05, 0.1) is 5.39 Å². The Hall–Kier alpha value is -3.34. The van der Waals surface area contributed by atoms with Crippen LogP contribution in [0.5, 0.6) is 0 Å². The first-order valence-electron chi connectivity index (χ1n) is 10.2. The van der Waals surface area contributed by atoms with Gasteiger partial charge in [0.2, 0.25) is 0 Å². The van der Waals surface area contributed by atoms with E-state index >= 15 is 0 Å². The van der Waals surface area contributed by atoms with Crippen molar-refractivity contribution in [2.75, 3.05) is 0 Å². The third-order valence-corrected chi connectivity index (χ3v) is 5.77. The second-order valence-corrected chi connectivity index (χ2v) is 7.78. The maximum atomic E-state index is 12.7. The molecule has 0 aliphatic rings. The van der Waals surface area contributed by atoms with Crippen LogP contribution in [-0.2, 0) is 6.42 Å². The van der Waals surface area contributed by atoms with Gasteiger partial charge in [0.1, 0.15) is 11.2 Å². The Balaban J connectivity index is 1.95. The predicted octanol–water partition coefficient (Wildman–Crippen LogP) is 6.03. The minimum absolute atomic E-state index is 0.294. The fourth-order valence-corrected chi connectivity index (χ4v) is 3.99. The van der Waals surface area contributed by atoms with Gasteiger partial charge >= 0.3 is 5.63 Å². The van der Waals surface area contributed by atoms with Crippen LogP contribution >= 0.6 is 0 Å². The molecule has 154 valence electrons. The molecule has 1 N–H and O–H groups in total. The summed E-state index contributed by atoms with van der Waals surface area (Å²) in [5, 5.41) is 14.9. The number of furan rings is 1. The van der Waals surface area contributed by atoms with Gasteiger partial charge in [0.15, 0.2) is 11.5 Å². The van der Waals surface area contributed by atoms with Crippen molar-refractivity contribution in [2.24, 2.45) is 5.16 Å². The highest BCUT2D eigenvalue weighted by Gasteiger charge is 2.22. The summed E-state index contributed by atoms with van der Waals surface area (Å²) in [4.78, 5) is 12.7. The zero-order valence-electron chi connectivity index (χ0n) is 17.7. The van der Waals surface area contributed by atoms with E-state index in [2.05, 4.69) is 12.1 Å². The van der Waals surface area contributed by atoms with E-state index in [1.165, 1.54) is 0 Å². The van der Waals surface area contributed by atoms with Crippen molar-refractivity contribution in [1.82, 2.24) is 0 Å². The number of hydrogen-bond donors (Lipinski definition) is 1. The summed E-state index contributed by atoms with van der Waals surface area (Å²) in [6.07, 6.45) is 2.67. The fourth-order valence-electron chi connectivity index (χ4n) is 3.99. The minimum atomic E-state index is -0.294. The Morgan fingerprint density at radius 3 is 2.40 bits per heavy atom. The first kappa shape index (κ1) is 20.0. The van der Waals surface area contributed by atoms with E-state index in [1.807, 2.05) is 57.2 Å². The van der Waals surface area contributed by atoms with Gasteiger partial charge < -0.3 is 14.0 Å². The van der Waals surface area contributed by atoms with Gasteiger partial charge in [-0.05, 0) is 51.3 Å². The van der Waals surface area contributed by atoms with Crippen molar-refractivity contribution in [3.8, 4) is 0 Å². The molecule has 5 heteroatoms. The molecule has 0 saturated carbocycles. The smallest absolute Gasteiger partial charge is 0.339 e. The lowest BCUT2D eigenvalue weighted by Gasteiger charge is -2.08. The molecule has 2 aromatic heterocycles. The number of nitrogens with zero attached hydrogens (tertiary/aromatic N) is 1. The molecule has 2 heterocycles. The summed E-state index contributed by atoms with van der Waals surface area (Å²) >= 11 is 0. The average molecular weight is 403 g/mol. The van der Waals surface area contributed by atoms with E-state index in [0.29, 0.717) is 29.1 Å². The molecular weight excluding hydrogens is 378 g/mol. The van der Waals surface area contributed by atoms with E-state index in [9.17, 15) is 10.0 Å². The third kappa shape index (κ3) is 3.20. The molecule has 0 atom stereocenters. The number of benzene rings is 2. The summed E-state index contributed by atoms with van der Waals surface area (Å²) in [6.45, 7) is 7.96. The van der Waals surface area contributed by atoms with Gasteiger partial charge in [-0.25, -0.2) is 4.79 Å². The zero-order valence-corrected chi connectivity index (χ0v) is 17.7. The highest BCUT2D eigenvalue weighted by atomic mass is 16.4. The SMILES string of the molecule is CCCCc1c(C)c2ccc3oc(C(=NO)c4ccc(C)cc4)c(C)c3c2oc1=O. The summed E-state index contributed by atoms with van der Waals surface area (Å²) in [7, 11) is 0. The van der Waals surface area contributed by atoms with Crippen LogP contribution in [0.4, 0.5) is 0 Å². The van der Waals surface area contributed by atoms with Crippen molar-refractivity contribution >= 4 is 27.7 Å². The number of oxime groups is 1. The van der Waals surface area contributed by atoms with Crippen LogP contribution in [-0.4, -0.2) is 10.9 Å². The van der Waals surface area contributed by atoms with Crippen molar-refractivity contribution in [2.45, 2.75) is 47.0 Å². The molecule has 0 spiro atoms. The maximum Gasteiger partial charge on any atom is 0.339 e. The molecule has 0 bridgehead atoms. The summed E-state index contributed by atoms with van der Waals surface area (Å²) in [5.74, 6) is 0.458. The predicted molar refractivity (Wildman–Crippen MR) is 119 cm³/mol. The molecule has 0 amide bonds. The molecule has 0 aliphatic carbocycles. The standard InChI is InChI=1S/C25H25NO4/c1-5-6-7-19-15(3)18-12-13-20-21(24(18)30-25(19)27)16(4)23(29-20)22(26-28)17-10-8-14(2)9-11-17/h8-13,28H,5-7H2,1-4H3. The first-order valence-corrected chi connectivity index (χ1v) is 10.2. The van der Waals surface area contributed by atoms with Gasteiger partial charge in [-0.1, -0.05) is 48.3 Å². The maximum absolute atomic E-state index is 12.7. The van der Waals surface area contributed by atoms with Crippen LogP contribution in [0.25, 0.3) is 21.9 Å². The highest BCUT2D eigenvalue weighted by Crippen LogP contribution is 2.34. The van der Waals surface area contributed by atoms with Crippen LogP contribution in [0.3, 0.4) is 0 Å². The monoisotopic (exact) mass is 403 g/mol. The molecule has 2 aromatic carbocycles. The Labute approximate surface area is 174 Å². The van der Waals surface area contributed by atoms with E-state index < -0.39 is 0 Å². The van der Waals surface area contributed by atoms with Gasteiger partial charge in [-0.2, -0.15) is 0 Å². The van der Waals surface area contributed by atoms with E-state index in [0.717, 1.165) is 51.4 Å². The molecule has 30 heavy (non-hydrogen) atoms. The lowest BCUT2D eigenvalue weighted by atomic mass is 9.98. The Kier molecular flexibility index (Phi) is 5.20. The fraction of sp³-hybridized carbons (Fsp3) is 0.280. The number of unbranched alkanes of at least 4 members (excludes halogenated alkanes) is 1. The molecule has 4 aromatic rings. The number of aryl methyl sites for hydroxylation is 3. The van der Waals surface area contributed by atoms with Gasteiger partial charge in [0.25, 0.3) is 0 Å². The molecule has 0 unspecified atom stereocenters. The van der Waals surface area contributed by atoms with Crippen LogP contribution in [0.2, 0.25) is 0 Å². The molecule has 0 saturated heterocycles. The van der Waals surface area contributed by atoms with Crippen LogP contribution < -0.4 is 5.63 Å². The van der Waals surface area contributed by atoms with Gasteiger partial charge in [-0.15, -0.1) is 0 Å². The summed E-state index contributed by atoms with van der Waals surface area (Å²) in [5.41, 5.74) is 5.47. The van der Waals surface area contributed by atoms with E-state index in [1.54, 1.807) is 0 Å². The molecule has 4 rings (SSSR count). The number of fused-ring (bicyclic) bond motifs is 3. The Bertz CT molecular complexity index is 1320. The Morgan fingerprint density at radius 1 is 1.00 bits per heavy atom. The summed E-state index contributed by atoms with van der Waals surface area (Å²) in [6, 6.07) is 11.5. The molecule has 0 fully saturated rings. The largest absolute Gasteiger partial charge is 0.454 e. The lowest BCUT2D eigenvalue weighted by Crippen LogP contribution is -2.10. The average Bonchev–Trinajstić information content (AvgIpc) is 3.06. The third-order valence-electron chi connectivity index (χ3n) is 5.77. The second-order valence-electron chi connectivity index (χ2n) is 7.78. The van der Waals surface area contributed by atoms with Crippen molar-refractivity contribution < 1.29 is 14.0 Å². The zero-order chi connectivity index (χ0) is 21.4. The quantitative estimate of drug-likeness (QED) is 0.191. The van der Waals surface area contributed by atoms with Crippen molar-refractivity contribution in [3.63, 3.8) is 0 Å². The minimum Gasteiger partial charge on any atom is -0.454 e. The molecule has 0 radical (unpaired) electrons. The second kappa shape index (κ2) is 7.82. The first-order chi connectivity index (χ1) is 14.5. The van der Waals surface area contributed by atoms with E-state index in [4.69, 9.17) is 8.83 Å². The Morgan fingerprint density at radius 2 is 1.73 bits per heavy atom. The van der Waals surface area contributed by atoms with Crippen molar-refractivity contribution in [3.05, 3.63) is 80.4 Å². The lowest BCUT2D eigenvalue weighted by molar-refractivity contribution is 0.318. The van der Waals surface area contributed by atoms with E-state index in [-0.39, 0.29) is 5.63 Å². The topological polar surface area (TPSA) is 75.9 Å². The van der Waals surface area contributed by atoms with Crippen LogP contribution in [0, 0.1) is 20.8 Å².